The van der Waals surface area contributed by atoms with E-state index in [4.69, 9.17) is 15.2 Å². The van der Waals surface area contributed by atoms with E-state index in [2.05, 4.69) is 5.10 Å². The summed E-state index contributed by atoms with van der Waals surface area (Å²) in [6.45, 7) is 0.310. The maximum atomic E-state index is 13.3. The van der Waals surface area contributed by atoms with Crippen LogP contribution in [0, 0.1) is 0 Å². The Balaban J connectivity index is 1.53. The molecule has 2 N–H and O–H groups in total. The summed E-state index contributed by atoms with van der Waals surface area (Å²) in [5.41, 5.74) is 8.93. The van der Waals surface area contributed by atoms with E-state index in [9.17, 15) is 9.59 Å². The molecule has 0 saturated carbocycles. The van der Waals surface area contributed by atoms with Gasteiger partial charge in [-0.1, -0.05) is 42.5 Å². The molecule has 2 aliphatic rings. The van der Waals surface area contributed by atoms with Gasteiger partial charge in [0.1, 0.15) is 12.4 Å². The van der Waals surface area contributed by atoms with Crippen molar-refractivity contribution in [3.63, 3.8) is 0 Å². The number of rotatable bonds is 3. The van der Waals surface area contributed by atoms with Crippen molar-refractivity contribution in [3.8, 4) is 5.75 Å². The van der Waals surface area contributed by atoms with Crippen molar-refractivity contribution >= 4 is 17.5 Å². The number of primary amides is 1. The molecule has 3 aromatic rings. The highest BCUT2D eigenvalue weighted by Crippen LogP contribution is 2.36. The summed E-state index contributed by atoms with van der Waals surface area (Å²) in [5.74, 6) is -0.184. The van der Waals surface area contributed by atoms with Gasteiger partial charge in [-0.25, -0.2) is 0 Å². The van der Waals surface area contributed by atoms with E-state index in [-0.39, 0.29) is 30.9 Å². The van der Waals surface area contributed by atoms with Crippen molar-refractivity contribution in [1.82, 2.24) is 9.78 Å². The lowest BCUT2D eigenvalue weighted by molar-refractivity contribution is -0.122. The van der Waals surface area contributed by atoms with Gasteiger partial charge in [-0.05, 0) is 17.7 Å². The second-order valence-corrected chi connectivity index (χ2v) is 7.69. The van der Waals surface area contributed by atoms with Crippen LogP contribution >= 0.6 is 0 Å². The number of para-hydroxylation sites is 2. The van der Waals surface area contributed by atoms with Crippen LogP contribution in [0.5, 0.6) is 5.75 Å². The number of amides is 2. The van der Waals surface area contributed by atoms with Crippen LogP contribution in [-0.4, -0.2) is 35.2 Å². The molecule has 5 rings (SSSR count). The van der Waals surface area contributed by atoms with Gasteiger partial charge in [0.25, 0.3) is 11.8 Å². The number of nitrogens with zero attached hydrogens (tertiary/aromatic N) is 3. The fraction of sp³-hybridized carbons (Fsp3) is 0.261. The molecule has 1 aromatic heterocycles. The van der Waals surface area contributed by atoms with Crippen LogP contribution in [0.2, 0.25) is 0 Å². The number of fused-ring (bicyclic) bond motifs is 2. The maximum absolute atomic E-state index is 13.3. The van der Waals surface area contributed by atoms with E-state index in [0.717, 1.165) is 11.1 Å². The number of ether oxygens (including phenoxy) is 2. The Morgan fingerprint density at radius 1 is 1.13 bits per heavy atom. The highest BCUT2D eigenvalue weighted by Gasteiger charge is 2.37. The molecule has 3 heterocycles. The first kappa shape index (κ1) is 19.3. The van der Waals surface area contributed by atoms with Gasteiger partial charge in [-0.2, -0.15) is 5.10 Å². The lowest BCUT2D eigenvalue weighted by atomic mass is 9.97. The maximum Gasteiger partial charge on any atom is 0.269 e. The second-order valence-electron chi connectivity index (χ2n) is 7.69. The van der Waals surface area contributed by atoms with Gasteiger partial charge in [-0.15, -0.1) is 0 Å². The predicted molar refractivity (Wildman–Crippen MR) is 113 cm³/mol. The lowest BCUT2D eigenvalue weighted by Gasteiger charge is -2.26. The van der Waals surface area contributed by atoms with Crippen molar-refractivity contribution in [2.45, 2.75) is 25.2 Å². The first-order valence-electron chi connectivity index (χ1n) is 10.1. The highest BCUT2D eigenvalue weighted by atomic mass is 16.5. The van der Waals surface area contributed by atoms with Crippen molar-refractivity contribution in [2.75, 3.05) is 18.6 Å². The monoisotopic (exact) mass is 418 g/mol. The molecule has 2 atom stereocenters. The fourth-order valence-corrected chi connectivity index (χ4v) is 4.25. The van der Waals surface area contributed by atoms with Gasteiger partial charge in [-0.3, -0.25) is 14.3 Å². The van der Waals surface area contributed by atoms with Gasteiger partial charge < -0.3 is 20.1 Å². The van der Waals surface area contributed by atoms with E-state index in [1.807, 2.05) is 54.6 Å². The molecule has 158 valence electrons. The number of benzene rings is 2. The number of carbonyl (C=O) groups is 2. The molecule has 8 heteroatoms. The molecule has 31 heavy (non-hydrogen) atoms. The number of likely N-dealkylation sites (N-methyl/N-ethyl adjacent to an activating group) is 1. The normalized spacial score (nSPS) is 20.4. The Kier molecular flexibility index (Phi) is 4.71. The molecule has 2 aliphatic heterocycles. The number of hydrogen-bond acceptors (Lipinski definition) is 5. The van der Waals surface area contributed by atoms with Crippen LogP contribution in [0.25, 0.3) is 0 Å². The van der Waals surface area contributed by atoms with Gasteiger partial charge in [0.2, 0.25) is 0 Å². The van der Waals surface area contributed by atoms with Crippen LogP contribution in [0.1, 0.15) is 39.5 Å². The molecule has 2 amide bonds. The van der Waals surface area contributed by atoms with Crippen molar-refractivity contribution in [2.24, 2.45) is 5.73 Å². The zero-order valence-corrected chi connectivity index (χ0v) is 17.0. The highest BCUT2D eigenvalue weighted by molar-refractivity contribution is 5.98. The van der Waals surface area contributed by atoms with Gasteiger partial charge in [0.15, 0.2) is 11.7 Å². The predicted octanol–water partition coefficient (Wildman–Crippen LogP) is 2.39. The quantitative estimate of drug-likeness (QED) is 0.704. The average molecular weight is 418 g/mol. The summed E-state index contributed by atoms with van der Waals surface area (Å²) in [7, 11) is 1.70. The number of anilines is 1. The summed E-state index contributed by atoms with van der Waals surface area (Å²) < 4.78 is 13.6. The third-order valence-electron chi connectivity index (χ3n) is 5.87. The SMILES string of the molecule is CN1C(=O)[C@@H](n2nc(C(N)=O)c3c2COC(c2ccccc2)C3)COc2ccccc21. The van der Waals surface area contributed by atoms with Crippen LogP contribution in [-0.2, 0) is 22.6 Å². The summed E-state index contributed by atoms with van der Waals surface area (Å²) in [6, 6.07) is 16.4. The van der Waals surface area contributed by atoms with Gasteiger partial charge in [0, 0.05) is 19.0 Å². The molecule has 1 unspecified atom stereocenters. The molecule has 0 fully saturated rings. The average Bonchev–Trinajstić information content (AvgIpc) is 3.13. The van der Waals surface area contributed by atoms with Crippen LogP contribution in [0.3, 0.4) is 0 Å². The minimum absolute atomic E-state index is 0.0919. The van der Waals surface area contributed by atoms with Crippen molar-refractivity contribution in [3.05, 3.63) is 77.1 Å². The van der Waals surface area contributed by atoms with Crippen molar-refractivity contribution in [1.29, 1.82) is 0 Å². The zero-order chi connectivity index (χ0) is 21.5. The summed E-state index contributed by atoms with van der Waals surface area (Å²) in [4.78, 5) is 27.0. The number of hydrogen-bond donors (Lipinski definition) is 1. The minimum atomic E-state index is -0.740. The topological polar surface area (TPSA) is 99.7 Å². The Morgan fingerprint density at radius 3 is 2.65 bits per heavy atom. The van der Waals surface area contributed by atoms with Crippen molar-refractivity contribution < 1.29 is 19.1 Å². The first-order valence-corrected chi connectivity index (χ1v) is 10.1. The molecule has 0 bridgehead atoms. The summed E-state index contributed by atoms with van der Waals surface area (Å²) in [6.07, 6.45) is 0.243. The molecular weight excluding hydrogens is 396 g/mol. The second kappa shape index (κ2) is 7.55. The summed E-state index contributed by atoms with van der Waals surface area (Å²) in [5, 5.41) is 4.47. The Labute approximate surface area is 179 Å². The minimum Gasteiger partial charge on any atom is -0.489 e. The van der Waals surface area contributed by atoms with Gasteiger partial charge in [0.05, 0.1) is 24.1 Å². The molecular formula is C23H22N4O4. The van der Waals surface area contributed by atoms with E-state index in [0.29, 0.717) is 23.6 Å². The molecule has 0 saturated heterocycles. The first-order chi connectivity index (χ1) is 15.0. The lowest BCUT2D eigenvalue weighted by Crippen LogP contribution is -2.37. The van der Waals surface area contributed by atoms with E-state index in [1.54, 1.807) is 16.6 Å². The standard InChI is InChI=1S/C23H22N4O4/c1-26-16-9-5-6-10-19(16)30-13-18(23(26)29)27-17-12-31-20(14-7-3-2-4-8-14)11-15(17)21(25-27)22(24)28/h2-10,18,20H,11-13H2,1H3,(H2,24,28)/t18-,20?/m0/s1. The zero-order valence-electron chi connectivity index (χ0n) is 17.0. The van der Waals surface area contributed by atoms with Gasteiger partial charge >= 0.3 is 0 Å². The smallest absolute Gasteiger partial charge is 0.269 e. The number of carbonyl (C=O) groups excluding carboxylic acids is 2. The third-order valence-corrected chi connectivity index (χ3v) is 5.87. The largest absolute Gasteiger partial charge is 0.489 e. The molecule has 2 aromatic carbocycles. The van der Waals surface area contributed by atoms with E-state index in [1.165, 1.54) is 0 Å². The number of aromatic nitrogens is 2. The Morgan fingerprint density at radius 2 is 1.87 bits per heavy atom. The van der Waals surface area contributed by atoms with Crippen LogP contribution < -0.4 is 15.4 Å². The number of nitrogens with two attached hydrogens (primary N) is 1. The third kappa shape index (κ3) is 3.25. The fourth-order valence-electron chi connectivity index (χ4n) is 4.25. The van der Waals surface area contributed by atoms with Crippen LogP contribution in [0.15, 0.2) is 54.6 Å². The Hall–Kier alpha value is -3.65. The Bertz CT molecular complexity index is 1160. The van der Waals surface area contributed by atoms with E-state index < -0.39 is 11.9 Å². The molecule has 0 radical (unpaired) electrons. The molecule has 0 aliphatic carbocycles. The van der Waals surface area contributed by atoms with E-state index >= 15 is 0 Å². The molecule has 8 nitrogen and oxygen atoms in total. The molecule has 0 spiro atoms. The van der Waals surface area contributed by atoms with Crippen LogP contribution in [0.4, 0.5) is 5.69 Å². The summed E-state index contributed by atoms with van der Waals surface area (Å²) >= 11 is 0.